The minimum atomic E-state index is 0.260. The van der Waals surface area contributed by atoms with Crippen molar-refractivity contribution < 1.29 is 4.79 Å². The van der Waals surface area contributed by atoms with E-state index in [1.165, 1.54) is 24.1 Å². The number of nitrogens with one attached hydrogen (secondary N) is 2. The summed E-state index contributed by atoms with van der Waals surface area (Å²) in [6, 6.07) is 4.83. The van der Waals surface area contributed by atoms with Gasteiger partial charge in [0.1, 0.15) is 0 Å². The maximum Gasteiger partial charge on any atom is 0.225 e. The Bertz CT molecular complexity index is 654. The second-order valence-corrected chi connectivity index (χ2v) is 9.44. The van der Waals surface area contributed by atoms with Crippen molar-refractivity contribution in [3.63, 3.8) is 0 Å². The lowest BCUT2D eigenvalue weighted by Gasteiger charge is -2.26. The van der Waals surface area contributed by atoms with E-state index in [2.05, 4.69) is 59.0 Å². The van der Waals surface area contributed by atoms with Crippen LogP contribution < -0.4 is 10.6 Å². The molecular formula is C22H37N5OS. The van der Waals surface area contributed by atoms with Gasteiger partial charge in [0.25, 0.3) is 0 Å². The van der Waals surface area contributed by atoms with E-state index in [9.17, 15) is 4.79 Å². The van der Waals surface area contributed by atoms with Crippen LogP contribution in [0.4, 0.5) is 0 Å². The van der Waals surface area contributed by atoms with Crippen LogP contribution >= 0.6 is 11.3 Å². The topological polar surface area (TPSA) is 60.0 Å². The lowest BCUT2D eigenvalue weighted by Crippen LogP contribution is -2.46. The third-order valence-electron chi connectivity index (χ3n) is 6.06. The molecule has 7 heteroatoms. The summed E-state index contributed by atoms with van der Waals surface area (Å²) in [5, 5.41) is 9.07. The van der Waals surface area contributed by atoms with Crippen molar-refractivity contribution in [1.29, 1.82) is 0 Å². The van der Waals surface area contributed by atoms with Crippen molar-refractivity contribution in [1.82, 2.24) is 20.4 Å². The summed E-state index contributed by atoms with van der Waals surface area (Å²) >= 11 is 1.78. The molecule has 162 valence electrons. The normalized spacial score (nSPS) is 22.1. The molecule has 1 amide bonds. The molecule has 2 unspecified atom stereocenters. The van der Waals surface area contributed by atoms with Crippen LogP contribution in [0.1, 0.15) is 56.4 Å². The zero-order valence-electron chi connectivity index (χ0n) is 18.2. The molecule has 29 heavy (non-hydrogen) atoms. The third kappa shape index (κ3) is 6.19. The van der Waals surface area contributed by atoms with Crippen LogP contribution in [0.2, 0.25) is 0 Å². The molecule has 2 atom stereocenters. The van der Waals surface area contributed by atoms with Crippen molar-refractivity contribution in [3.05, 3.63) is 22.4 Å². The third-order valence-corrected chi connectivity index (χ3v) is 7.03. The fourth-order valence-corrected chi connectivity index (χ4v) is 5.28. The van der Waals surface area contributed by atoms with Crippen molar-refractivity contribution in [2.75, 3.05) is 40.3 Å². The Morgan fingerprint density at radius 1 is 1.31 bits per heavy atom. The number of rotatable bonds is 7. The average Bonchev–Trinajstić information content (AvgIpc) is 3.40. The summed E-state index contributed by atoms with van der Waals surface area (Å²) in [6.07, 6.45) is 6.85. The highest BCUT2D eigenvalue weighted by atomic mass is 32.1. The number of amides is 1. The van der Waals surface area contributed by atoms with Crippen LogP contribution in [-0.4, -0.2) is 68.0 Å². The van der Waals surface area contributed by atoms with Gasteiger partial charge in [0.15, 0.2) is 5.96 Å². The van der Waals surface area contributed by atoms with Crippen molar-refractivity contribution in [2.24, 2.45) is 10.9 Å². The van der Waals surface area contributed by atoms with Crippen LogP contribution in [0.3, 0.4) is 0 Å². The Balaban J connectivity index is 1.56. The standard InChI is InChI=1S/C22H37N5OS/c1-4-23-22(24-15-19(26(2)3)20-11-8-14-29-20)25-18-12-13-27(16-18)21(28)17-9-6-5-7-10-17/h8,11,14,17-19H,4-7,9-10,12-13,15-16H2,1-3H3,(H2,23,24,25). The predicted molar refractivity (Wildman–Crippen MR) is 121 cm³/mol. The maximum absolute atomic E-state index is 12.8. The van der Waals surface area contributed by atoms with Gasteiger partial charge >= 0.3 is 0 Å². The second kappa shape index (κ2) is 11.0. The van der Waals surface area contributed by atoms with Crippen molar-refractivity contribution in [3.8, 4) is 0 Å². The number of thiophene rings is 1. The zero-order chi connectivity index (χ0) is 20.6. The molecule has 1 saturated heterocycles. The number of carbonyl (C=O) groups excluding carboxylic acids is 1. The highest BCUT2D eigenvalue weighted by molar-refractivity contribution is 7.10. The summed E-state index contributed by atoms with van der Waals surface area (Å²) in [5.74, 6) is 1.49. The Hall–Kier alpha value is -1.60. The number of nitrogens with zero attached hydrogens (tertiary/aromatic N) is 3. The molecule has 1 aromatic rings. The first-order valence-corrected chi connectivity index (χ1v) is 12.0. The molecule has 2 heterocycles. The molecule has 1 aliphatic carbocycles. The van der Waals surface area contributed by atoms with Gasteiger partial charge in [-0.3, -0.25) is 9.79 Å². The summed E-state index contributed by atoms with van der Waals surface area (Å²) in [7, 11) is 4.21. The van der Waals surface area contributed by atoms with E-state index in [1.807, 2.05) is 0 Å². The first-order valence-electron chi connectivity index (χ1n) is 11.1. The smallest absolute Gasteiger partial charge is 0.225 e. The van der Waals surface area contributed by atoms with Crippen molar-refractivity contribution in [2.45, 2.75) is 57.5 Å². The number of aliphatic imine (C=N–C) groups is 1. The monoisotopic (exact) mass is 419 g/mol. The number of guanidine groups is 1. The summed E-state index contributed by atoms with van der Waals surface area (Å²) in [5.41, 5.74) is 0. The Morgan fingerprint density at radius 3 is 2.76 bits per heavy atom. The fourth-order valence-electron chi connectivity index (χ4n) is 4.37. The van der Waals surface area contributed by atoms with E-state index >= 15 is 0 Å². The van der Waals surface area contributed by atoms with Gasteiger partial charge in [-0.05, 0) is 51.7 Å². The lowest BCUT2D eigenvalue weighted by molar-refractivity contribution is -0.135. The molecule has 0 spiro atoms. The SMILES string of the molecule is CCNC(=NCC(c1cccs1)N(C)C)NC1CCN(C(=O)C2CCCCC2)C1. The van der Waals surface area contributed by atoms with Crippen LogP contribution in [0, 0.1) is 5.92 Å². The molecule has 2 N–H and O–H groups in total. The Labute approximate surface area is 179 Å². The average molecular weight is 420 g/mol. The van der Waals surface area contributed by atoms with Gasteiger partial charge in [0.05, 0.1) is 12.6 Å². The minimum absolute atomic E-state index is 0.260. The van der Waals surface area contributed by atoms with Gasteiger partial charge in [0.2, 0.25) is 5.91 Å². The van der Waals surface area contributed by atoms with E-state index in [-0.39, 0.29) is 18.0 Å². The number of hydrogen-bond acceptors (Lipinski definition) is 4. The molecule has 1 saturated carbocycles. The van der Waals surface area contributed by atoms with Gasteiger partial charge in [-0.1, -0.05) is 25.3 Å². The molecular weight excluding hydrogens is 382 g/mol. The minimum Gasteiger partial charge on any atom is -0.357 e. The molecule has 1 aliphatic heterocycles. The summed E-state index contributed by atoms with van der Waals surface area (Å²) in [6.45, 7) is 5.28. The molecule has 2 fully saturated rings. The van der Waals surface area contributed by atoms with E-state index < -0.39 is 0 Å². The molecule has 3 rings (SSSR count). The molecule has 0 radical (unpaired) electrons. The quantitative estimate of drug-likeness (QED) is 0.527. The Kier molecular flexibility index (Phi) is 8.36. The highest BCUT2D eigenvalue weighted by Gasteiger charge is 2.31. The molecule has 2 aliphatic rings. The first kappa shape index (κ1) is 22.1. The first-order chi connectivity index (χ1) is 14.1. The van der Waals surface area contributed by atoms with Crippen molar-refractivity contribution >= 4 is 23.2 Å². The molecule has 0 bridgehead atoms. The van der Waals surface area contributed by atoms with Gasteiger partial charge in [-0.25, -0.2) is 0 Å². The number of hydrogen-bond donors (Lipinski definition) is 2. The van der Waals surface area contributed by atoms with Gasteiger partial charge in [-0.2, -0.15) is 0 Å². The van der Waals surface area contributed by atoms with Crippen LogP contribution in [0.5, 0.6) is 0 Å². The number of likely N-dealkylation sites (N-methyl/N-ethyl adjacent to an activating group) is 1. The molecule has 6 nitrogen and oxygen atoms in total. The predicted octanol–water partition coefficient (Wildman–Crippen LogP) is 3.09. The largest absolute Gasteiger partial charge is 0.357 e. The molecule has 1 aromatic heterocycles. The lowest BCUT2D eigenvalue weighted by atomic mass is 9.88. The van der Waals surface area contributed by atoms with Gasteiger partial charge in [0, 0.05) is 36.5 Å². The number of carbonyl (C=O) groups is 1. The van der Waals surface area contributed by atoms with Crippen LogP contribution in [0.15, 0.2) is 22.5 Å². The maximum atomic E-state index is 12.8. The molecule has 0 aromatic carbocycles. The Morgan fingerprint density at radius 2 is 2.10 bits per heavy atom. The van der Waals surface area contributed by atoms with E-state index in [1.54, 1.807) is 11.3 Å². The summed E-state index contributed by atoms with van der Waals surface area (Å²) in [4.78, 5) is 23.3. The van der Waals surface area contributed by atoms with Crippen LogP contribution in [-0.2, 0) is 4.79 Å². The van der Waals surface area contributed by atoms with E-state index in [4.69, 9.17) is 4.99 Å². The highest BCUT2D eigenvalue weighted by Crippen LogP contribution is 2.27. The van der Waals surface area contributed by atoms with E-state index in [0.717, 1.165) is 44.9 Å². The fraction of sp³-hybridized carbons (Fsp3) is 0.727. The summed E-state index contributed by atoms with van der Waals surface area (Å²) < 4.78 is 0. The van der Waals surface area contributed by atoms with Crippen LogP contribution in [0.25, 0.3) is 0 Å². The van der Waals surface area contributed by atoms with E-state index in [0.29, 0.717) is 12.5 Å². The second-order valence-electron chi connectivity index (χ2n) is 8.46. The van der Waals surface area contributed by atoms with Gasteiger partial charge < -0.3 is 20.4 Å². The van der Waals surface area contributed by atoms with Gasteiger partial charge in [-0.15, -0.1) is 11.3 Å². The number of likely N-dealkylation sites (tertiary alicyclic amines) is 1. The zero-order valence-corrected chi connectivity index (χ0v) is 19.0.